The van der Waals surface area contributed by atoms with Crippen LogP contribution in [0, 0.1) is 23.7 Å². The van der Waals surface area contributed by atoms with E-state index in [9.17, 15) is 19.8 Å². The number of carboxylic acid groups (broad SMARTS) is 1. The summed E-state index contributed by atoms with van der Waals surface area (Å²) in [7, 11) is 0. The second kappa shape index (κ2) is 5.77. The fourth-order valence-electron chi connectivity index (χ4n) is 3.62. The third kappa shape index (κ3) is 2.82. The van der Waals surface area contributed by atoms with Crippen LogP contribution in [0.3, 0.4) is 0 Å². The van der Waals surface area contributed by atoms with E-state index >= 15 is 0 Å². The number of carbonyl (C=O) groups is 2. The van der Waals surface area contributed by atoms with E-state index in [2.05, 4.69) is 0 Å². The smallest absolute Gasteiger partial charge is 0.333 e. The Labute approximate surface area is 123 Å². The van der Waals surface area contributed by atoms with Gasteiger partial charge in [0.05, 0.1) is 18.1 Å². The standard InChI is InChI=1S/C15H22O6/c1-8(2)10-3-4-15(20)7-21-14(19)12(15)11(10)5-9(6-16)13(17)18/h5,8,10-12,16,20H,3-4,6-7H2,1-2H3,(H,17,18). The molecule has 1 saturated heterocycles. The predicted molar refractivity (Wildman–Crippen MR) is 73.3 cm³/mol. The van der Waals surface area contributed by atoms with Crippen molar-refractivity contribution in [3.8, 4) is 0 Å². The number of aliphatic hydroxyl groups is 2. The Balaban J connectivity index is 2.42. The Kier molecular flexibility index (Phi) is 4.39. The number of aliphatic carboxylic acids is 1. The lowest BCUT2D eigenvalue weighted by molar-refractivity contribution is -0.145. The summed E-state index contributed by atoms with van der Waals surface area (Å²) in [5, 5.41) is 28.9. The van der Waals surface area contributed by atoms with Gasteiger partial charge in [-0.2, -0.15) is 0 Å². The quantitative estimate of drug-likeness (QED) is 0.518. The number of carboxylic acids is 1. The molecule has 1 aliphatic carbocycles. The van der Waals surface area contributed by atoms with Crippen LogP contribution in [0.1, 0.15) is 26.7 Å². The number of rotatable bonds is 4. The van der Waals surface area contributed by atoms with Gasteiger partial charge in [-0.1, -0.05) is 19.9 Å². The first-order valence-corrected chi connectivity index (χ1v) is 7.24. The van der Waals surface area contributed by atoms with Crippen molar-refractivity contribution in [3.63, 3.8) is 0 Å². The molecule has 21 heavy (non-hydrogen) atoms. The molecule has 2 rings (SSSR count). The molecule has 1 saturated carbocycles. The SMILES string of the molecule is CC(C)C1CCC2(O)COC(=O)C2C1C=C(CO)C(=O)O. The van der Waals surface area contributed by atoms with Crippen molar-refractivity contribution in [2.24, 2.45) is 23.7 Å². The van der Waals surface area contributed by atoms with Crippen LogP contribution in [0.5, 0.6) is 0 Å². The molecule has 0 aromatic heterocycles. The van der Waals surface area contributed by atoms with Crippen LogP contribution in [-0.2, 0) is 14.3 Å². The minimum absolute atomic E-state index is 0.0345. The first kappa shape index (κ1) is 16.0. The molecule has 4 atom stereocenters. The third-order valence-electron chi connectivity index (χ3n) is 4.78. The van der Waals surface area contributed by atoms with Gasteiger partial charge in [-0.3, -0.25) is 4.79 Å². The average Bonchev–Trinajstić information content (AvgIpc) is 2.71. The summed E-state index contributed by atoms with van der Waals surface area (Å²) in [4.78, 5) is 23.1. The van der Waals surface area contributed by atoms with Crippen molar-refractivity contribution in [2.75, 3.05) is 13.2 Å². The average molecular weight is 298 g/mol. The van der Waals surface area contributed by atoms with E-state index in [0.29, 0.717) is 12.8 Å². The molecule has 0 radical (unpaired) electrons. The molecular formula is C15H22O6. The Hall–Kier alpha value is -1.40. The zero-order valence-corrected chi connectivity index (χ0v) is 12.3. The molecule has 0 aromatic carbocycles. The van der Waals surface area contributed by atoms with Crippen LogP contribution >= 0.6 is 0 Å². The largest absolute Gasteiger partial charge is 0.478 e. The molecule has 2 aliphatic rings. The van der Waals surface area contributed by atoms with Gasteiger partial charge in [-0.15, -0.1) is 0 Å². The molecule has 2 fully saturated rings. The van der Waals surface area contributed by atoms with Crippen molar-refractivity contribution in [2.45, 2.75) is 32.3 Å². The van der Waals surface area contributed by atoms with Gasteiger partial charge in [0.1, 0.15) is 12.2 Å². The van der Waals surface area contributed by atoms with Crippen molar-refractivity contribution in [1.29, 1.82) is 0 Å². The number of fused-ring (bicyclic) bond motifs is 1. The number of hydrogen-bond acceptors (Lipinski definition) is 5. The second-order valence-corrected chi connectivity index (χ2v) is 6.37. The number of esters is 1. The molecule has 0 aromatic rings. The van der Waals surface area contributed by atoms with Gasteiger partial charge in [0.25, 0.3) is 0 Å². The van der Waals surface area contributed by atoms with Crippen molar-refractivity contribution >= 4 is 11.9 Å². The van der Waals surface area contributed by atoms with E-state index in [-0.39, 0.29) is 24.0 Å². The molecule has 0 bridgehead atoms. The van der Waals surface area contributed by atoms with Crippen molar-refractivity contribution in [3.05, 3.63) is 11.6 Å². The molecule has 118 valence electrons. The van der Waals surface area contributed by atoms with E-state index in [0.717, 1.165) is 0 Å². The maximum atomic E-state index is 12.0. The summed E-state index contributed by atoms with van der Waals surface area (Å²) in [6, 6.07) is 0. The summed E-state index contributed by atoms with van der Waals surface area (Å²) in [5.74, 6) is -2.57. The van der Waals surface area contributed by atoms with Gasteiger partial charge in [0, 0.05) is 0 Å². The van der Waals surface area contributed by atoms with Gasteiger partial charge >= 0.3 is 11.9 Å². The number of allylic oxidation sites excluding steroid dienone is 1. The van der Waals surface area contributed by atoms with E-state index in [1.54, 1.807) is 0 Å². The normalized spacial score (nSPS) is 36.5. The molecule has 0 amide bonds. The van der Waals surface area contributed by atoms with Crippen molar-refractivity contribution in [1.82, 2.24) is 0 Å². The first-order valence-electron chi connectivity index (χ1n) is 7.24. The highest BCUT2D eigenvalue weighted by Crippen LogP contribution is 2.48. The Morgan fingerprint density at radius 2 is 2.19 bits per heavy atom. The van der Waals surface area contributed by atoms with Crippen LogP contribution in [-0.4, -0.2) is 46.1 Å². The van der Waals surface area contributed by atoms with E-state index in [4.69, 9.17) is 9.84 Å². The molecule has 3 N–H and O–H groups in total. The van der Waals surface area contributed by atoms with Gasteiger partial charge in [0.2, 0.25) is 0 Å². The lowest BCUT2D eigenvalue weighted by Crippen LogP contribution is -2.49. The number of carbonyl (C=O) groups excluding carboxylic acids is 1. The van der Waals surface area contributed by atoms with Crippen LogP contribution in [0.2, 0.25) is 0 Å². The fraction of sp³-hybridized carbons (Fsp3) is 0.733. The van der Waals surface area contributed by atoms with Gasteiger partial charge in [-0.25, -0.2) is 4.79 Å². The van der Waals surface area contributed by atoms with Gasteiger partial charge in [-0.05, 0) is 30.6 Å². The Morgan fingerprint density at radius 1 is 1.52 bits per heavy atom. The summed E-state index contributed by atoms with van der Waals surface area (Å²) in [5.41, 5.74) is -1.36. The van der Waals surface area contributed by atoms with E-state index < -0.39 is 36.0 Å². The minimum Gasteiger partial charge on any atom is -0.478 e. The maximum Gasteiger partial charge on any atom is 0.333 e. The summed E-state index contributed by atoms with van der Waals surface area (Å²) < 4.78 is 5.01. The summed E-state index contributed by atoms with van der Waals surface area (Å²) in [6.07, 6.45) is 2.60. The zero-order chi connectivity index (χ0) is 15.8. The number of hydrogen-bond donors (Lipinski definition) is 3. The first-order chi connectivity index (χ1) is 9.80. The summed E-state index contributed by atoms with van der Waals surface area (Å²) >= 11 is 0. The lowest BCUT2D eigenvalue weighted by atomic mass is 9.62. The highest BCUT2D eigenvalue weighted by atomic mass is 16.6. The highest BCUT2D eigenvalue weighted by Gasteiger charge is 2.57. The topological polar surface area (TPSA) is 104 Å². The predicted octanol–water partition coefficient (Wildman–Crippen LogP) is 0.576. The molecule has 0 spiro atoms. The lowest BCUT2D eigenvalue weighted by Gasteiger charge is -2.42. The van der Waals surface area contributed by atoms with Gasteiger partial charge in [0.15, 0.2) is 0 Å². The number of ether oxygens (including phenoxy) is 1. The molecule has 1 heterocycles. The highest BCUT2D eigenvalue weighted by molar-refractivity contribution is 5.87. The Morgan fingerprint density at radius 3 is 2.71 bits per heavy atom. The Bertz CT molecular complexity index is 469. The maximum absolute atomic E-state index is 12.0. The van der Waals surface area contributed by atoms with Crippen LogP contribution in [0.25, 0.3) is 0 Å². The number of aliphatic hydroxyl groups excluding tert-OH is 1. The summed E-state index contributed by atoms with van der Waals surface area (Å²) in [6.45, 7) is 3.38. The molecule has 6 nitrogen and oxygen atoms in total. The van der Waals surface area contributed by atoms with Crippen LogP contribution in [0.15, 0.2) is 11.6 Å². The molecule has 4 unspecified atom stereocenters. The third-order valence-corrected chi connectivity index (χ3v) is 4.78. The monoisotopic (exact) mass is 298 g/mol. The van der Waals surface area contributed by atoms with Gasteiger partial charge < -0.3 is 20.1 Å². The second-order valence-electron chi connectivity index (χ2n) is 6.37. The van der Waals surface area contributed by atoms with Crippen LogP contribution in [0.4, 0.5) is 0 Å². The van der Waals surface area contributed by atoms with E-state index in [1.807, 2.05) is 13.8 Å². The van der Waals surface area contributed by atoms with E-state index in [1.165, 1.54) is 6.08 Å². The van der Waals surface area contributed by atoms with Crippen LogP contribution < -0.4 is 0 Å². The number of cyclic esters (lactones) is 1. The van der Waals surface area contributed by atoms with Crippen molar-refractivity contribution < 1.29 is 29.6 Å². The molecule has 6 heteroatoms. The fourth-order valence-corrected chi connectivity index (χ4v) is 3.62. The minimum atomic E-state index is -1.22. The zero-order valence-electron chi connectivity index (χ0n) is 12.3. The molecular weight excluding hydrogens is 276 g/mol. The molecule has 1 aliphatic heterocycles.